The predicted molar refractivity (Wildman–Crippen MR) is 33.7 cm³/mol. The third-order valence-electron chi connectivity index (χ3n) is 0.704. The topological polar surface area (TPSA) is 29.1 Å². The SMILES string of the molecule is CC=CC(=O)CNC.[F-].[F-].[F-].[F-].[Ta+4]. The van der Waals surface area contributed by atoms with Crippen LogP contribution in [0, 0.1) is 0 Å². The number of allylic oxidation sites excluding steroid dienone is 1. The van der Waals surface area contributed by atoms with E-state index in [-0.39, 0.29) is 47.0 Å². The molecule has 0 amide bonds. The van der Waals surface area contributed by atoms with Crippen LogP contribution in [0.5, 0.6) is 0 Å². The maximum Gasteiger partial charge on any atom is 4.00 e. The Balaban J connectivity index is -0.0000000245. The Morgan fingerprint density at radius 2 is 1.62 bits per heavy atom. The van der Waals surface area contributed by atoms with Gasteiger partial charge in [-0.1, -0.05) is 6.08 Å². The van der Waals surface area contributed by atoms with Crippen LogP contribution < -0.4 is 24.1 Å². The molecule has 0 unspecified atom stereocenters. The number of rotatable bonds is 3. The Kier molecular flexibility index (Phi) is 88.1. The zero-order valence-corrected chi connectivity index (χ0v) is 10.4. The molecule has 0 atom stereocenters. The van der Waals surface area contributed by atoms with Crippen molar-refractivity contribution in [2.24, 2.45) is 0 Å². The molecule has 1 radical (unpaired) electrons. The molecule has 2 nitrogen and oxygen atoms in total. The maximum atomic E-state index is 10.5. The summed E-state index contributed by atoms with van der Waals surface area (Å²) in [6.45, 7) is 2.26. The van der Waals surface area contributed by atoms with E-state index in [1.54, 1.807) is 19.2 Å². The van der Waals surface area contributed by atoms with Crippen LogP contribution in [0.1, 0.15) is 6.92 Å². The van der Waals surface area contributed by atoms with Gasteiger partial charge in [-0.3, -0.25) is 4.79 Å². The Hall–Kier alpha value is -0.170. The number of halogens is 4. The third kappa shape index (κ3) is 33.6. The van der Waals surface area contributed by atoms with Crippen molar-refractivity contribution >= 4 is 5.78 Å². The number of carbonyl (C=O) groups excluding carboxylic acids is 1. The molecule has 1 N–H and O–H groups in total. The van der Waals surface area contributed by atoms with Crippen molar-refractivity contribution in [1.82, 2.24) is 5.32 Å². The molecule has 7 heteroatoms. The summed E-state index contributed by atoms with van der Waals surface area (Å²) in [4.78, 5) is 10.5. The normalized spacial score (nSPS) is 6.31. The van der Waals surface area contributed by atoms with E-state index >= 15 is 0 Å². The van der Waals surface area contributed by atoms with Gasteiger partial charge in [0.2, 0.25) is 0 Å². The zero-order valence-electron chi connectivity index (χ0n) is 7.23. The first-order chi connectivity index (χ1) is 3.81. The van der Waals surface area contributed by atoms with E-state index in [0.29, 0.717) is 6.54 Å². The second kappa shape index (κ2) is 29.7. The molecule has 0 heterocycles. The minimum Gasteiger partial charge on any atom is -1.00 e. The summed E-state index contributed by atoms with van der Waals surface area (Å²) in [5, 5.41) is 2.75. The van der Waals surface area contributed by atoms with Crippen LogP contribution in [-0.4, -0.2) is 19.4 Å². The van der Waals surface area contributed by atoms with Crippen molar-refractivity contribution in [3.8, 4) is 0 Å². The fraction of sp³-hybridized carbons (Fsp3) is 0.500. The van der Waals surface area contributed by atoms with Crippen molar-refractivity contribution in [1.29, 1.82) is 0 Å². The van der Waals surface area contributed by atoms with Crippen LogP contribution in [0.25, 0.3) is 0 Å². The van der Waals surface area contributed by atoms with Gasteiger partial charge in [-0.2, -0.15) is 0 Å². The molecule has 0 saturated heterocycles. The molecular formula is C6H11F4NOTa. The summed E-state index contributed by atoms with van der Waals surface area (Å²) in [5.74, 6) is 0.120. The van der Waals surface area contributed by atoms with Gasteiger partial charge in [-0.05, 0) is 20.0 Å². The molecule has 0 rings (SSSR count). The van der Waals surface area contributed by atoms with Crippen LogP contribution in [0.2, 0.25) is 0 Å². The number of hydrogen-bond donors (Lipinski definition) is 1. The number of nitrogens with one attached hydrogen (secondary N) is 1. The average Bonchev–Trinajstić information content (AvgIpc) is 1.68. The predicted octanol–water partition coefficient (Wildman–Crippen LogP) is -11.6. The standard InChI is InChI=1S/C6H11NO.4FH.Ta/c1-3-4-6(8)5-7-2;;;;;/h3-4,7H,5H2,1-2H3;4*1H;/q;;;;;+4/p-4. The molecule has 0 aliphatic carbocycles. The van der Waals surface area contributed by atoms with Crippen molar-refractivity contribution in [3.63, 3.8) is 0 Å². The Morgan fingerprint density at radius 3 is 1.85 bits per heavy atom. The van der Waals surface area contributed by atoms with Crippen LogP contribution in [-0.2, 0) is 27.2 Å². The Labute approximate surface area is 90.1 Å². The first-order valence-corrected chi connectivity index (χ1v) is 2.61. The molecular weight excluding hydrogens is 359 g/mol. The average molecular weight is 370 g/mol. The largest absolute Gasteiger partial charge is 4.00 e. The van der Waals surface area contributed by atoms with Crippen LogP contribution >= 0.6 is 0 Å². The molecule has 79 valence electrons. The summed E-state index contributed by atoms with van der Waals surface area (Å²) in [7, 11) is 1.75. The van der Waals surface area contributed by atoms with E-state index in [9.17, 15) is 4.79 Å². The Bertz CT molecular complexity index is 113. The number of likely N-dealkylation sites (N-methyl/N-ethyl adjacent to an activating group) is 1. The maximum absolute atomic E-state index is 10.5. The zero-order chi connectivity index (χ0) is 6.41. The van der Waals surface area contributed by atoms with Crippen molar-refractivity contribution in [2.45, 2.75) is 6.92 Å². The van der Waals surface area contributed by atoms with Gasteiger partial charge in [-0.15, -0.1) is 0 Å². The first-order valence-electron chi connectivity index (χ1n) is 2.61. The molecule has 13 heavy (non-hydrogen) atoms. The summed E-state index contributed by atoms with van der Waals surface area (Å²) in [6.07, 6.45) is 3.29. The van der Waals surface area contributed by atoms with Gasteiger partial charge in [0, 0.05) is 0 Å². The molecule has 0 spiro atoms. The van der Waals surface area contributed by atoms with Crippen molar-refractivity contribution in [2.75, 3.05) is 13.6 Å². The smallest absolute Gasteiger partial charge is 1.00 e. The fourth-order valence-electron chi connectivity index (χ4n) is 0.419. The van der Waals surface area contributed by atoms with Gasteiger partial charge in [0.1, 0.15) is 0 Å². The summed E-state index contributed by atoms with van der Waals surface area (Å²) in [5.41, 5.74) is 0. The van der Waals surface area contributed by atoms with E-state index in [0.717, 1.165) is 0 Å². The minimum absolute atomic E-state index is 0. The summed E-state index contributed by atoms with van der Waals surface area (Å²) in [6, 6.07) is 0. The van der Waals surface area contributed by atoms with Gasteiger partial charge < -0.3 is 24.1 Å². The second-order valence-corrected chi connectivity index (χ2v) is 1.50. The van der Waals surface area contributed by atoms with Gasteiger partial charge in [0.25, 0.3) is 0 Å². The van der Waals surface area contributed by atoms with Gasteiger partial charge >= 0.3 is 22.4 Å². The van der Waals surface area contributed by atoms with Crippen molar-refractivity contribution in [3.05, 3.63) is 12.2 Å². The quantitative estimate of drug-likeness (QED) is 0.395. The monoisotopic (exact) mass is 370 g/mol. The fourth-order valence-corrected chi connectivity index (χ4v) is 0.419. The van der Waals surface area contributed by atoms with Crippen LogP contribution in [0.15, 0.2) is 12.2 Å². The van der Waals surface area contributed by atoms with E-state index < -0.39 is 0 Å². The molecule has 0 saturated carbocycles. The molecule has 0 aromatic heterocycles. The molecule has 0 aliphatic heterocycles. The van der Waals surface area contributed by atoms with Gasteiger partial charge in [-0.25, -0.2) is 0 Å². The summed E-state index contributed by atoms with van der Waals surface area (Å²) < 4.78 is 0. The molecule has 0 aromatic rings. The third-order valence-corrected chi connectivity index (χ3v) is 0.704. The number of ketones is 1. The van der Waals surface area contributed by atoms with E-state index in [2.05, 4.69) is 5.32 Å². The van der Waals surface area contributed by atoms with E-state index in [1.807, 2.05) is 6.92 Å². The second-order valence-electron chi connectivity index (χ2n) is 1.50. The molecule has 0 aliphatic rings. The number of hydrogen-bond acceptors (Lipinski definition) is 2. The van der Waals surface area contributed by atoms with Gasteiger partial charge in [0.05, 0.1) is 6.54 Å². The number of carbonyl (C=O) groups is 1. The summed E-state index contributed by atoms with van der Waals surface area (Å²) >= 11 is 0. The molecule has 0 aromatic carbocycles. The van der Waals surface area contributed by atoms with Gasteiger partial charge in [0.15, 0.2) is 5.78 Å². The minimum atomic E-state index is 0. The van der Waals surface area contributed by atoms with Crippen LogP contribution in [0.4, 0.5) is 0 Å². The first kappa shape index (κ1) is 38.5. The Morgan fingerprint density at radius 1 is 1.23 bits per heavy atom. The van der Waals surface area contributed by atoms with E-state index in [1.165, 1.54) is 0 Å². The van der Waals surface area contributed by atoms with Crippen LogP contribution in [0.3, 0.4) is 0 Å². The molecule has 0 fully saturated rings. The van der Waals surface area contributed by atoms with Crippen molar-refractivity contribution < 1.29 is 46.0 Å². The molecule has 0 bridgehead atoms. The van der Waals surface area contributed by atoms with E-state index in [4.69, 9.17) is 0 Å².